The molecule has 1 aromatic carbocycles. The van der Waals surface area contributed by atoms with Crippen LogP contribution in [0.5, 0.6) is 5.75 Å². The van der Waals surface area contributed by atoms with Crippen molar-refractivity contribution in [2.75, 3.05) is 18.9 Å². The second-order valence-electron chi connectivity index (χ2n) is 8.98. The predicted octanol–water partition coefficient (Wildman–Crippen LogP) is 1.87. The van der Waals surface area contributed by atoms with Gasteiger partial charge in [0.05, 0.1) is 13.2 Å². The summed E-state index contributed by atoms with van der Waals surface area (Å²) in [4.78, 5) is 36.8. The molecule has 2 aromatic rings. The Morgan fingerprint density at radius 1 is 1.30 bits per heavy atom. The first-order valence-electron chi connectivity index (χ1n) is 12.2. The molecule has 1 aliphatic rings. The summed E-state index contributed by atoms with van der Waals surface area (Å²) in [5, 5.41) is 31.6. The van der Waals surface area contributed by atoms with Crippen LogP contribution in [0.25, 0.3) is 0 Å². The van der Waals surface area contributed by atoms with E-state index in [1.807, 2.05) is 0 Å². The van der Waals surface area contributed by atoms with Gasteiger partial charge in [0.1, 0.15) is 35.4 Å². The fourth-order valence-electron chi connectivity index (χ4n) is 3.44. The van der Waals surface area contributed by atoms with Crippen molar-refractivity contribution in [2.45, 2.75) is 57.0 Å². The second kappa shape index (κ2) is 14.5. The fraction of sp³-hybridized carbons (Fsp3) is 0.478. The van der Waals surface area contributed by atoms with Gasteiger partial charge >= 0.3 is 31.6 Å². The summed E-state index contributed by atoms with van der Waals surface area (Å²) in [6.45, 7) is 3.83. The number of nitrogen functional groups attached to an aromatic ring is 1. The van der Waals surface area contributed by atoms with E-state index >= 15 is 0 Å². The smallest absolute Gasteiger partial charge is 0.475 e. The maximum atomic E-state index is 13.6. The van der Waals surface area contributed by atoms with Gasteiger partial charge in [-0.15, -0.1) is 0 Å². The van der Waals surface area contributed by atoms with Crippen LogP contribution in [0, 0.1) is 0 Å². The molecule has 240 valence electrons. The molecule has 20 heteroatoms. The minimum Gasteiger partial charge on any atom is -0.475 e. The van der Waals surface area contributed by atoms with E-state index in [0.717, 1.165) is 4.57 Å². The molecule has 1 unspecified atom stereocenters. The van der Waals surface area contributed by atoms with Gasteiger partial charge in [0.2, 0.25) is 0 Å². The Balaban J connectivity index is 0.000000821. The third-order valence-corrected chi connectivity index (χ3v) is 7.44. The topological polar surface area (TPSA) is 222 Å². The number of ether oxygens (including phenoxy) is 2. The highest BCUT2D eigenvalue weighted by Gasteiger charge is 2.54. The molecule has 0 bridgehead atoms. The van der Waals surface area contributed by atoms with Gasteiger partial charge in [0.25, 0.3) is 0 Å². The molecule has 0 amide bonds. The first-order chi connectivity index (χ1) is 19.8. The standard InChI is InChI=1S/C21H28ClN4O9P.C2HF3O2/c1-4-32-18(28)12(2)25-36(31,35-14-7-5-13(22)6-8-14)33-11-15-17(27)21(3,30)19(34-15)26-10-9-16(23)24-20(26)29;3-2(4,5)1(6)7/h5-10,12,15,17,19,27,30H,4,11H2,1-3H3,(H,25,31)(H2,23,24,29);(H,6,7)/t12-,15+,17+,19+,21+,36?;/m0./s1. The monoisotopic (exact) mass is 660 g/mol. The normalized spacial score (nSPS) is 23.8. The van der Waals surface area contributed by atoms with E-state index in [1.54, 1.807) is 6.92 Å². The van der Waals surface area contributed by atoms with Crippen LogP contribution < -0.4 is 21.0 Å². The summed E-state index contributed by atoms with van der Waals surface area (Å²) in [6, 6.07) is 6.12. The quantitative estimate of drug-likeness (QED) is 0.181. The van der Waals surface area contributed by atoms with Crippen molar-refractivity contribution < 1.29 is 61.2 Å². The van der Waals surface area contributed by atoms with Gasteiger partial charge in [-0.25, -0.2) is 14.2 Å². The number of benzene rings is 1. The van der Waals surface area contributed by atoms with Crippen LogP contribution in [0.4, 0.5) is 19.0 Å². The molecule has 1 fully saturated rings. The number of rotatable bonds is 10. The van der Waals surface area contributed by atoms with Crippen LogP contribution in [0.1, 0.15) is 27.0 Å². The van der Waals surface area contributed by atoms with Crippen LogP contribution in [0.3, 0.4) is 0 Å². The maximum absolute atomic E-state index is 13.6. The number of hydrogen-bond donors (Lipinski definition) is 5. The first-order valence-corrected chi connectivity index (χ1v) is 14.1. The number of nitrogens with zero attached hydrogens (tertiary/aromatic N) is 2. The Morgan fingerprint density at radius 2 is 1.88 bits per heavy atom. The molecule has 0 radical (unpaired) electrons. The maximum Gasteiger partial charge on any atom is 0.490 e. The van der Waals surface area contributed by atoms with Crippen molar-refractivity contribution >= 4 is 37.1 Å². The van der Waals surface area contributed by atoms with Crippen molar-refractivity contribution in [1.82, 2.24) is 14.6 Å². The molecule has 3 rings (SSSR count). The number of aliphatic carboxylic acids is 1. The molecular weight excluding hydrogens is 632 g/mol. The third-order valence-electron chi connectivity index (χ3n) is 5.54. The van der Waals surface area contributed by atoms with Crippen molar-refractivity contribution in [3.8, 4) is 5.75 Å². The zero-order valence-corrected chi connectivity index (χ0v) is 24.4. The lowest BCUT2D eigenvalue weighted by molar-refractivity contribution is -0.192. The van der Waals surface area contributed by atoms with E-state index in [0.29, 0.717) is 5.02 Å². The summed E-state index contributed by atoms with van der Waals surface area (Å²) in [5.74, 6) is -3.37. The van der Waals surface area contributed by atoms with E-state index in [9.17, 15) is 37.5 Å². The highest BCUT2D eigenvalue weighted by molar-refractivity contribution is 7.52. The van der Waals surface area contributed by atoms with Gasteiger partial charge in [-0.3, -0.25) is 13.9 Å². The van der Waals surface area contributed by atoms with Crippen molar-refractivity contribution in [3.05, 3.63) is 52.0 Å². The number of alkyl halides is 3. The number of halogens is 4. The fourth-order valence-corrected chi connectivity index (χ4v) is 5.06. The van der Waals surface area contributed by atoms with Gasteiger partial charge in [-0.1, -0.05) is 11.6 Å². The number of hydrogen-bond acceptors (Lipinski definition) is 12. The number of aliphatic hydroxyl groups excluding tert-OH is 1. The van der Waals surface area contributed by atoms with E-state index < -0.39 is 68.2 Å². The minimum absolute atomic E-state index is 0.0311. The minimum atomic E-state index is -5.08. The molecule has 43 heavy (non-hydrogen) atoms. The zero-order chi connectivity index (χ0) is 32.8. The SMILES string of the molecule is CCOC(=O)[C@H](C)NP(=O)(OC[C@H]1O[C@@H](n2ccc(N)nc2=O)[C@](C)(O)[C@@H]1O)Oc1ccc(Cl)cc1.O=C(O)C(F)(F)F. The second-order valence-corrected chi connectivity index (χ2v) is 11.1. The molecule has 1 aliphatic heterocycles. The Hall–Kier alpha value is -3.25. The number of carbonyl (C=O) groups excluding carboxylic acids is 1. The number of carboxylic acids is 1. The number of carboxylic acid groups (broad SMARTS) is 1. The molecule has 1 saturated heterocycles. The molecule has 1 aromatic heterocycles. The summed E-state index contributed by atoms with van der Waals surface area (Å²) in [5.41, 5.74) is 2.74. The number of nitrogens with two attached hydrogens (primary N) is 1. The zero-order valence-electron chi connectivity index (χ0n) is 22.7. The highest BCUT2D eigenvalue weighted by atomic mass is 35.5. The summed E-state index contributed by atoms with van der Waals surface area (Å²) < 4.78 is 67.9. The Bertz CT molecular complexity index is 1380. The third kappa shape index (κ3) is 9.89. The Morgan fingerprint density at radius 3 is 2.40 bits per heavy atom. The first kappa shape index (κ1) is 35.9. The van der Waals surface area contributed by atoms with E-state index in [1.165, 1.54) is 50.4 Å². The molecule has 0 spiro atoms. The number of aliphatic hydroxyl groups is 2. The van der Waals surface area contributed by atoms with E-state index in [2.05, 4.69) is 10.1 Å². The lowest BCUT2D eigenvalue weighted by atomic mass is 9.96. The lowest BCUT2D eigenvalue weighted by Crippen LogP contribution is -2.46. The van der Waals surface area contributed by atoms with Crippen molar-refractivity contribution in [2.24, 2.45) is 0 Å². The van der Waals surface area contributed by atoms with Crippen LogP contribution in [-0.4, -0.2) is 80.1 Å². The molecule has 0 saturated carbocycles. The van der Waals surface area contributed by atoms with Gasteiger partial charge in [0.15, 0.2) is 6.23 Å². The van der Waals surface area contributed by atoms with Crippen LogP contribution >= 0.6 is 19.3 Å². The van der Waals surface area contributed by atoms with Crippen LogP contribution in [0.15, 0.2) is 41.3 Å². The summed E-state index contributed by atoms with van der Waals surface area (Å²) >= 11 is 5.88. The predicted molar refractivity (Wildman–Crippen MR) is 142 cm³/mol. The average molecular weight is 661 g/mol. The Kier molecular flexibility index (Phi) is 12.1. The average Bonchev–Trinajstić information content (AvgIpc) is 3.12. The van der Waals surface area contributed by atoms with Gasteiger partial charge in [-0.05, 0) is 51.1 Å². The summed E-state index contributed by atoms with van der Waals surface area (Å²) in [7, 11) is -4.28. The molecule has 15 nitrogen and oxygen atoms in total. The summed E-state index contributed by atoms with van der Waals surface area (Å²) in [6.07, 6.45) is -8.00. The van der Waals surface area contributed by atoms with Gasteiger partial charge in [-0.2, -0.15) is 23.2 Å². The molecule has 0 aliphatic carbocycles. The number of esters is 1. The van der Waals surface area contributed by atoms with Crippen molar-refractivity contribution in [1.29, 1.82) is 0 Å². The van der Waals surface area contributed by atoms with Gasteiger partial charge < -0.3 is 35.1 Å². The lowest BCUT2D eigenvalue weighted by Gasteiger charge is -2.27. The largest absolute Gasteiger partial charge is 0.490 e. The van der Waals surface area contributed by atoms with Crippen molar-refractivity contribution in [3.63, 3.8) is 0 Å². The highest BCUT2D eigenvalue weighted by Crippen LogP contribution is 2.47. The number of aromatic nitrogens is 2. The number of carbonyl (C=O) groups is 2. The van der Waals surface area contributed by atoms with Gasteiger partial charge in [0, 0.05) is 11.2 Å². The molecule has 6 atom stereocenters. The number of anilines is 1. The van der Waals surface area contributed by atoms with E-state index in [4.69, 9.17) is 45.8 Å². The Labute approximate surface area is 246 Å². The number of nitrogens with one attached hydrogen (secondary N) is 1. The van der Waals surface area contributed by atoms with Crippen LogP contribution in [0.2, 0.25) is 5.02 Å². The molecule has 6 N–H and O–H groups in total. The molecule has 2 heterocycles. The molecular formula is C23H29ClF3N4O11P. The van der Waals surface area contributed by atoms with E-state index in [-0.39, 0.29) is 18.2 Å². The van der Waals surface area contributed by atoms with Crippen LogP contribution in [-0.2, 0) is 28.2 Å².